The maximum Gasteiger partial charge on any atom is 0.251 e. The predicted octanol–water partition coefficient (Wildman–Crippen LogP) is 3.24. The van der Waals surface area contributed by atoms with Crippen LogP contribution in [-0.4, -0.2) is 28.3 Å². The third-order valence-corrected chi connectivity index (χ3v) is 4.90. The molecule has 2 aromatic rings. The van der Waals surface area contributed by atoms with E-state index in [1.165, 1.54) is 32.1 Å². The molecule has 3 rings (SSSR count). The van der Waals surface area contributed by atoms with Gasteiger partial charge < -0.3 is 11.1 Å². The van der Waals surface area contributed by atoms with Crippen LogP contribution in [0.3, 0.4) is 0 Å². The summed E-state index contributed by atoms with van der Waals surface area (Å²) in [6, 6.07) is 7.59. The number of benzene rings is 1. The largest absolute Gasteiger partial charge is 0.348 e. The SMILES string of the molecule is Cc1cnn(-c2ccc(C(=O)NC(CN)C3CCCCC3)cc2)c1.Cl. The molecule has 1 aliphatic rings. The van der Waals surface area contributed by atoms with Crippen molar-refractivity contribution in [3.63, 3.8) is 0 Å². The molecule has 0 bridgehead atoms. The van der Waals surface area contributed by atoms with Crippen molar-refractivity contribution in [3.8, 4) is 5.69 Å². The Morgan fingerprint density at radius 3 is 2.52 bits per heavy atom. The zero-order valence-electron chi connectivity index (χ0n) is 14.6. The van der Waals surface area contributed by atoms with Crippen LogP contribution in [-0.2, 0) is 0 Å². The van der Waals surface area contributed by atoms with E-state index in [9.17, 15) is 4.79 Å². The molecular weight excluding hydrogens is 336 g/mol. The van der Waals surface area contributed by atoms with Crippen LogP contribution in [0.4, 0.5) is 0 Å². The summed E-state index contributed by atoms with van der Waals surface area (Å²) in [5.74, 6) is 0.471. The van der Waals surface area contributed by atoms with Crippen LogP contribution in [0.25, 0.3) is 5.69 Å². The minimum absolute atomic E-state index is 0. The lowest BCUT2D eigenvalue weighted by Gasteiger charge is -2.30. The molecule has 25 heavy (non-hydrogen) atoms. The van der Waals surface area contributed by atoms with Gasteiger partial charge in [-0.3, -0.25) is 4.79 Å². The second kappa shape index (κ2) is 9.02. The second-order valence-electron chi connectivity index (χ2n) is 6.72. The van der Waals surface area contributed by atoms with Crippen molar-refractivity contribution >= 4 is 18.3 Å². The molecule has 6 heteroatoms. The van der Waals surface area contributed by atoms with Crippen molar-refractivity contribution in [3.05, 3.63) is 47.8 Å². The van der Waals surface area contributed by atoms with E-state index in [4.69, 9.17) is 5.73 Å². The first-order valence-corrected chi connectivity index (χ1v) is 8.80. The Hall–Kier alpha value is -1.85. The monoisotopic (exact) mass is 362 g/mol. The van der Waals surface area contributed by atoms with Crippen molar-refractivity contribution in [2.45, 2.75) is 45.1 Å². The van der Waals surface area contributed by atoms with Gasteiger partial charge in [-0.05, 0) is 55.5 Å². The number of carbonyl (C=O) groups excluding carboxylic acids is 1. The summed E-state index contributed by atoms with van der Waals surface area (Å²) in [6.45, 7) is 2.50. The van der Waals surface area contributed by atoms with Gasteiger partial charge in [-0.25, -0.2) is 4.68 Å². The van der Waals surface area contributed by atoms with E-state index in [0.717, 1.165) is 11.3 Å². The molecule has 0 aliphatic heterocycles. The zero-order chi connectivity index (χ0) is 16.9. The smallest absolute Gasteiger partial charge is 0.251 e. The highest BCUT2D eigenvalue weighted by Crippen LogP contribution is 2.26. The Kier molecular flexibility index (Phi) is 7.02. The Balaban J connectivity index is 0.00000225. The van der Waals surface area contributed by atoms with Gasteiger partial charge in [-0.2, -0.15) is 5.10 Å². The number of hydrogen-bond acceptors (Lipinski definition) is 3. The van der Waals surface area contributed by atoms with E-state index < -0.39 is 0 Å². The summed E-state index contributed by atoms with van der Waals surface area (Å²) in [7, 11) is 0. The van der Waals surface area contributed by atoms with Gasteiger partial charge in [0.1, 0.15) is 0 Å². The molecular formula is C19H27ClN4O. The molecule has 0 spiro atoms. The molecule has 1 fully saturated rings. The molecule has 0 saturated heterocycles. The number of amides is 1. The van der Waals surface area contributed by atoms with Crippen LogP contribution in [0.1, 0.15) is 48.0 Å². The summed E-state index contributed by atoms with van der Waals surface area (Å²) in [5, 5.41) is 7.41. The predicted molar refractivity (Wildman–Crippen MR) is 102 cm³/mol. The first-order chi connectivity index (χ1) is 11.7. The summed E-state index contributed by atoms with van der Waals surface area (Å²) in [6.07, 6.45) is 9.90. The molecule has 1 unspecified atom stereocenters. The average Bonchev–Trinajstić information content (AvgIpc) is 3.07. The zero-order valence-corrected chi connectivity index (χ0v) is 15.5. The number of hydrogen-bond donors (Lipinski definition) is 2. The number of rotatable bonds is 5. The molecule has 1 amide bonds. The van der Waals surface area contributed by atoms with Gasteiger partial charge in [0.15, 0.2) is 0 Å². The normalized spacial score (nSPS) is 16.1. The van der Waals surface area contributed by atoms with Crippen LogP contribution in [0.15, 0.2) is 36.7 Å². The third-order valence-electron chi connectivity index (χ3n) is 4.90. The van der Waals surface area contributed by atoms with E-state index in [0.29, 0.717) is 18.0 Å². The maximum absolute atomic E-state index is 12.5. The molecule has 1 aliphatic carbocycles. The van der Waals surface area contributed by atoms with Crippen molar-refractivity contribution in [1.29, 1.82) is 0 Å². The number of halogens is 1. The van der Waals surface area contributed by atoms with Crippen molar-refractivity contribution < 1.29 is 4.79 Å². The van der Waals surface area contributed by atoms with Gasteiger partial charge in [-0.1, -0.05) is 19.3 Å². The van der Waals surface area contributed by atoms with Gasteiger partial charge >= 0.3 is 0 Å². The first-order valence-electron chi connectivity index (χ1n) is 8.80. The summed E-state index contributed by atoms with van der Waals surface area (Å²) < 4.78 is 1.81. The van der Waals surface area contributed by atoms with Gasteiger partial charge in [0.2, 0.25) is 0 Å². The second-order valence-corrected chi connectivity index (χ2v) is 6.72. The maximum atomic E-state index is 12.5. The first kappa shape index (κ1) is 19.5. The minimum atomic E-state index is -0.0424. The lowest BCUT2D eigenvalue weighted by molar-refractivity contribution is 0.0915. The number of nitrogens with one attached hydrogen (secondary N) is 1. The van der Waals surface area contributed by atoms with E-state index in [1.54, 1.807) is 0 Å². The van der Waals surface area contributed by atoms with Gasteiger partial charge in [0, 0.05) is 24.3 Å². The third kappa shape index (κ3) is 4.83. The molecule has 1 atom stereocenters. The highest BCUT2D eigenvalue weighted by atomic mass is 35.5. The number of nitrogens with zero attached hydrogens (tertiary/aromatic N) is 2. The molecule has 3 N–H and O–H groups in total. The fourth-order valence-electron chi connectivity index (χ4n) is 3.48. The highest BCUT2D eigenvalue weighted by molar-refractivity contribution is 5.94. The van der Waals surface area contributed by atoms with Gasteiger partial charge in [-0.15, -0.1) is 12.4 Å². The number of nitrogens with two attached hydrogens (primary N) is 1. The fraction of sp³-hybridized carbons (Fsp3) is 0.474. The fourth-order valence-corrected chi connectivity index (χ4v) is 3.48. The van der Waals surface area contributed by atoms with Crippen molar-refractivity contribution in [2.24, 2.45) is 11.7 Å². The molecule has 5 nitrogen and oxygen atoms in total. The van der Waals surface area contributed by atoms with E-state index in [2.05, 4.69) is 10.4 Å². The standard InChI is InChI=1S/C19H26N4O.ClH/c1-14-12-21-23(13-14)17-9-7-16(8-10-17)19(24)22-18(11-20)15-5-3-2-4-6-15;/h7-10,12-13,15,18H,2-6,11,20H2,1H3,(H,22,24);1H. The Morgan fingerprint density at radius 1 is 1.28 bits per heavy atom. The van der Waals surface area contributed by atoms with Crippen LogP contribution >= 0.6 is 12.4 Å². The summed E-state index contributed by atoms with van der Waals surface area (Å²) in [4.78, 5) is 12.5. The molecule has 1 saturated carbocycles. The quantitative estimate of drug-likeness (QED) is 0.857. The summed E-state index contributed by atoms with van der Waals surface area (Å²) >= 11 is 0. The van der Waals surface area contributed by atoms with Crippen LogP contribution in [0, 0.1) is 12.8 Å². The molecule has 1 aromatic heterocycles. The Morgan fingerprint density at radius 2 is 1.96 bits per heavy atom. The van der Waals surface area contributed by atoms with E-state index >= 15 is 0 Å². The number of aromatic nitrogens is 2. The summed E-state index contributed by atoms with van der Waals surface area (Å²) in [5.41, 5.74) is 8.62. The topological polar surface area (TPSA) is 72.9 Å². The molecule has 1 aromatic carbocycles. The molecule has 136 valence electrons. The molecule has 0 radical (unpaired) electrons. The number of aryl methyl sites for hydroxylation is 1. The lowest BCUT2D eigenvalue weighted by atomic mass is 9.84. The van der Waals surface area contributed by atoms with Crippen LogP contribution in [0.5, 0.6) is 0 Å². The molecule has 1 heterocycles. The van der Waals surface area contributed by atoms with Gasteiger partial charge in [0.05, 0.1) is 11.9 Å². The lowest BCUT2D eigenvalue weighted by Crippen LogP contribution is -2.45. The van der Waals surface area contributed by atoms with Crippen molar-refractivity contribution in [2.75, 3.05) is 6.54 Å². The Labute approximate surface area is 155 Å². The number of carbonyl (C=O) groups is 1. The van der Waals surface area contributed by atoms with Crippen LogP contribution in [0.2, 0.25) is 0 Å². The average molecular weight is 363 g/mol. The van der Waals surface area contributed by atoms with E-state index in [1.807, 2.05) is 48.3 Å². The Bertz CT molecular complexity index is 677. The van der Waals surface area contributed by atoms with Crippen LogP contribution < -0.4 is 11.1 Å². The van der Waals surface area contributed by atoms with Crippen molar-refractivity contribution in [1.82, 2.24) is 15.1 Å². The minimum Gasteiger partial charge on any atom is -0.348 e. The van der Waals surface area contributed by atoms with E-state index in [-0.39, 0.29) is 24.4 Å². The van der Waals surface area contributed by atoms with Gasteiger partial charge in [0.25, 0.3) is 5.91 Å². The highest BCUT2D eigenvalue weighted by Gasteiger charge is 2.24.